The van der Waals surface area contributed by atoms with Crippen molar-refractivity contribution in [2.24, 2.45) is 0 Å². The van der Waals surface area contributed by atoms with Gasteiger partial charge in [0.05, 0.1) is 17.1 Å². The third-order valence-corrected chi connectivity index (χ3v) is 5.77. The molecule has 0 spiro atoms. The van der Waals surface area contributed by atoms with E-state index in [1.54, 1.807) is 6.20 Å². The first kappa shape index (κ1) is 21.0. The topological polar surface area (TPSA) is 71.3 Å². The molecule has 0 N–H and O–H groups in total. The van der Waals surface area contributed by atoms with Gasteiger partial charge in [0.1, 0.15) is 0 Å². The lowest BCUT2D eigenvalue weighted by Crippen LogP contribution is -2.50. The van der Waals surface area contributed by atoms with Crippen LogP contribution in [0.5, 0.6) is 0 Å². The number of fused-ring (bicyclic) bond motifs is 1. The number of pyridine rings is 1. The van der Waals surface area contributed by atoms with Gasteiger partial charge in [0.25, 0.3) is 11.8 Å². The highest BCUT2D eigenvalue weighted by Crippen LogP contribution is 2.26. The first-order chi connectivity index (χ1) is 14.9. The summed E-state index contributed by atoms with van der Waals surface area (Å²) in [6, 6.07) is 11.3. The van der Waals surface area contributed by atoms with Gasteiger partial charge in [-0.2, -0.15) is 5.10 Å². The minimum Gasteiger partial charge on any atom is -0.335 e. The Morgan fingerprint density at radius 1 is 0.903 bits per heavy atom. The van der Waals surface area contributed by atoms with Crippen LogP contribution in [-0.2, 0) is 0 Å². The second-order valence-electron chi connectivity index (χ2n) is 8.62. The monoisotopic (exact) mass is 419 g/mol. The lowest BCUT2D eigenvalue weighted by Gasteiger charge is -2.35. The lowest BCUT2D eigenvalue weighted by atomic mass is 10.0. The van der Waals surface area contributed by atoms with Crippen LogP contribution >= 0.6 is 0 Å². The Kier molecular flexibility index (Phi) is 5.76. The van der Waals surface area contributed by atoms with Gasteiger partial charge in [-0.15, -0.1) is 0 Å². The second-order valence-corrected chi connectivity index (χ2v) is 8.62. The SMILES string of the molecule is CC(C)c1cc(C(=O)N2CCN(C(=O)c3ccccc3)CC2)c2cnn(C(C)C)c2n1. The molecule has 162 valence electrons. The van der Waals surface area contributed by atoms with E-state index in [0.717, 1.165) is 16.7 Å². The Morgan fingerprint density at radius 3 is 2.10 bits per heavy atom. The summed E-state index contributed by atoms with van der Waals surface area (Å²) in [6.07, 6.45) is 1.74. The van der Waals surface area contributed by atoms with Gasteiger partial charge in [0.2, 0.25) is 0 Å². The number of piperazine rings is 1. The van der Waals surface area contributed by atoms with Crippen molar-refractivity contribution in [2.75, 3.05) is 26.2 Å². The van der Waals surface area contributed by atoms with Gasteiger partial charge < -0.3 is 9.80 Å². The molecule has 0 atom stereocenters. The zero-order valence-corrected chi connectivity index (χ0v) is 18.6. The van der Waals surface area contributed by atoms with Crippen LogP contribution < -0.4 is 0 Å². The maximum absolute atomic E-state index is 13.5. The first-order valence-electron chi connectivity index (χ1n) is 10.9. The molecule has 3 aromatic rings. The number of amides is 2. The van der Waals surface area contributed by atoms with E-state index in [9.17, 15) is 9.59 Å². The van der Waals surface area contributed by atoms with Crippen molar-refractivity contribution in [2.45, 2.75) is 39.7 Å². The molecule has 0 bridgehead atoms. The fraction of sp³-hybridized carbons (Fsp3) is 0.417. The van der Waals surface area contributed by atoms with Crippen LogP contribution in [0.2, 0.25) is 0 Å². The Labute approximate surface area is 182 Å². The first-order valence-corrected chi connectivity index (χ1v) is 10.9. The van der Waals surface area contributed by atoms with Gasteiger partial charge in [0.15, 0.2) is 5.65 Å². The van der Waals surface area contributed by atoms with E-state index >= 15 is 0 Å². The number of hydrogen-bond donors (Lipinski definition) is 0. The molecular weight excluding hydrogens is 390 g/mol. The molecule has 0 radical (unpaired) electrons. The Morgan fingerprint density at radius 2 is 1.52 bits per heavy atom. The van der Waals surface area contributed by atoms with Crippen molar-refractivity contribution in [1.82, 2.24) is 24.6 Å². The normalized spacial score (nSPS) is 14.6. The molecule has 0 aliphatic carbocycles. The minimum atomic E-state index is -0.0237. The Bertz CT molecular complexity index is 1100. The van der Waals surface area contributed by atoms with Gasteiger partial charge in [-0.3, -0.25) is 9.59 Å². The molecule has 1 aliphatic rings. The molecule has 0 saturated carbocycles. The summed E-state index contributed by atoms with van der Waals surface area (Å²) in [4.78, 5) is 34.6. The van der Waals surface area contributed by atoms with Crippen LogP contribution in [0.1, 0.15) is 66.1 Å². The van der Waals surface area contributed by atoms with Crippen molar-refractivity contribution in [3.05, 3.63) is 59.4 Å². The number of hydrogen-bond acceptors (Lipinski definition) is 4. The molecule has 31 heavy (non-hydrogen) atoms. The molecule has 1 aliphatic heterocycles. The van der Waals surface area contributed by atoms with Crippen molar-refractivity contribution in [3.63, 3.8) is 0 Å². The van der Waals surface area contributed by atoms with Crippen LogP contribution in [0.4, 0.5) is 0 Å². The quantitative estimate of drug-likeness (QED) is 0.646. The molecule has 4 rings (SSSR count). The Hall–Kier alpha value is -3.22. The number of aromatic nitrogens is 3. The molecule has 1 aromatic carbocycles. The zero-order valence-electron chi connectivity index (χ0n) is 18.6. The maximum Gasteiger partial charge on any atom is 0.254 e. The third kappa shape index (κ3) is 4.04. The van der Waals surface area contributed by atoms with E-state index in [-0.39, 0.29) is 23.8 Å². The number of benzene rings is 1. The standard InChI is InChI=1S/C24H29N5O2/c1-16(2)21-14-19(20-15-25-29(17(3)4)22(20)26-21)24(31)28-12-10-27(11-13-28)23(30)18-8-6-5-7-9-18/h5-9,14-17H,10-13H2,1-4H3. The number of carbonyl (C=O) groups is 2. The van der Waals surface area contributed by atoms with Crippen LogP contribution in [0, 0.1) is 0 Å². The number of nitrogens with zero attached hydrogens (tertiary/aromatic N) is 5. The van der Waals surface area contributed by atoms with Crippen molar-refractivity contribution >= 4 is 22.8 Å². The van der Waals surface area contributed by atoms with Crippen LogP contribution in [0.25, 0.3) is 11.0 Å². The fourth-order valence-corrected chi connectivity index (χ4v) is 3.93. The Balaban J connectivity index is 1.57. The summed E-state index contributed by atoms with van der Waals surface area (Å²) < 4.78 is 1.87. The van der Waals surface area contributed by atoms with Gasteiger partial charge in [-0.05, 0) is 38.0 Å². The molecule has 7 nitrogen and oxygen atoms in total. The molecule has 1 fully saturated rings. The van der Waals surface area contributed by atoms with Gasteiger partial charge in [-0.1, -0.05) is 32.0 Å². The summed E-state index contributed by atoms with van der Waals surface area (Å²) in [6.45, 7) is 10.3. The molecular formula is C24H29N5O2. The maximum atomic E-state index is 13.5. The highest BCUT2D eigenvalue weighted by atomic mass is 16.2. The predicted octanol–water partition coefficient (Wildman–Crippen LogP) is 3.73. The van der Waals surface area contributed by atoms with Gasteiger partial charge in [0, 0.05) is 43.5 Å². The lowest BCUT2D eigenvalue weighted by molar-refractivity contribution is 0.0536. The molecule has 3 heterocycles. The highest BCUT2D eigenvalue weighted by molar-refractivity contribution is 6.05. The number of rotatable bonds is 4. The van der Waals surface area contributed by atoms with Crippen LogP contribution in [-0.4, -0.2) is 62.6 Å². The largest absolute Gasteiger partial charge is 0.335 e. The number of carbonyl (C=O) groups excluding carboxylic acids is 2. The van der Waals surface area contributed by atoms with E-state index in [0.29, 0.717) is 37.3 Å². The molecule has 2 amide bonds. The summed E-state index contributed by atoms with van der Waals surface area (Å²) in [5.41, 5.74) is 2.96. The minimum absolute atomic E-state index is 0.0132. The third-order valence-electron chi connectivity index (χ3n) is 5.77. The zero-order chi connectivity index (χ0) is 22.1. The summed E-state index contributed by atoms with van der Waals surface area (Å²) in [5, 5.41) is 5.27. The molecule has 0 unspecified atom stereocenters. The van der Waals surface area contributed by atoms with E-state index in [4.69, 9.17) is 4.98 Å². The van der Waals surface area contributed by atoms with Crippen LogP contribution in [0.3, 0.4) is 0 Å². The highest BCUT2D eigenvalue weighted by Gasteiger charge is 2.28. The van der Waals surface area contributed by atoms with E-state index in [1.165, 1.54) is 0 Å². The van der Waals surface area contributed by atoms with Crippen LogP contribution in [0.15, 0.2) is 42.6 Å². The smallest absolute Gasteiger partial charge is 0.254 e. The summed E-state index contributed by atoms with van der Waals surface area (Å²) >= 11 is 0. The van der Waals surface area contributed by atoms with E-state index in [1.807, 2.05) is 50.9 Å². The molecule has 2 aromatic heterocycles. The molecule has 1 saturated heterocycles. The second kappa shape index (κ2) is 8.49. The average molecular weight is 420 g/mol. The fourth-order valence-electron chi connectivity index (χ4n) is 3.93. The van der Waals surface area contributed by atoms with Crippen molar-refractivity contribution in [1.29, 1.82) is 0 Å². The summed E-state index contributed by atoms with van der Waals surface area (Å²) in [5.74, 6) is 0.190. The van der Waals surface area contributed by atoms with Crippen molar-refractivity contribution in [3.8, 4) is 0 Å². The summed E-state index contributed by atoms with van der Waals surface area (Å²) in [7, 11) is 0. The average Bonchev–Trinajstić information content (AvgIpc) is 3.22. The van der Waals surface area contributed by atoms with Gasteiger partial charge >= 0.3 is 0 Å². The van der Waals surface area contributed by atoms with Gasteiger partial charge in [-0.25, -0.2) is 9.67 Å². The van der Waals surface area contributed by atoms with E-state index < -0.39 is 0 Å². The van der Waals surface area contributed by atoms with Crippen molar-refractivity contribution < 1.29 is 9.59 Å². The van der Waals surface area contributed by atoms with E-state index in [2.05, 4.69) is 32.8 Å². The molecule has 7 heteroatoms. The predicted molar refractivity (Wildman–Crippen MR) is 120 cm³/mol.